The lowest BCUT2D eigenvalue weighted by Gasteiger charge is -2.21. The quantitative estimate of drug-likeness (QED) is 0.893. The van der Waals surface area contributed by atoms with Crippen molar-refractivity contribution in [1.29, 1.82) is 0 Å². The zero-order chi connectivity index (χ0) is 14.8. The average Bonchev–Trinajstić information content (AvgIpc) is 2.87. The molecular weight excluding hydrogens is 346 g/mol. The van der Waals surface area contributed by atoms with Crippen LogP contribution < -0.4 is 5.32 Å². The fourth-order valence-corrected chi connectivity index (χ4v) is 4.80. The maximum Gasteiger partial charge on any atom is 0.0630 e. The van der Waals surface area contributed by atoms with Gasteiger partial charge in [-0.3, -0.25) is 4.21 Å². The first kappa shape index (κ1) is 14.9. The number of benzene rings is 2. The van der Waals surface area contributed by atoms with Gasteiger partial charge in [-0.25, -0.2) is 0 Å². The van der Waals surface area contributed by atoms with Gasteiger partial charge in [-0.05, 0) is 48.4 Å². The minimum absolute atomic E-state index is 0.100. The molecule has 0 heterocycles. The molecule has 0 saturated heterocycles. The summed E-state index contributed by atoms with van der Waals surface area (Å²) in [6.07, 6.45) is 0.872. The molecule has 0 radical (unpaired) electrons. The molecule has 2 aromatic rings. The van der Waals surface area contributed by atoms with Crippen LogP contribution in [0.4, 0.5) is 0 Å². The molecule has 3 unspecified atom stereocenters. The molecule has 3 rings (SSSR count). The van der Waals surface area contributed by atoms with Crippen molar-refractivity contribution in [1.82, 2.24) is 5.32 Å². The van der Waals surface area contributed by atoms with Gasteiger partial charge >= 0.3 is 0 Å². The zero-order valence-corrected chi connectivity index (χ0v) is 14.3. The molecule has 1 N–H and O–H groups in total. The second-order valence-corrected chi connectivity index (χ2v) is 7.82. The fraction of sp³-hybridized carbons (Fsp3) is 0.294. The Morgan fingerprint density at radius 3 is 2.62 bits per heavy atom. The summed E-state index contributed by atoms with van der Waals surface area (Å²) in [5.41, 5.74) is 2.62. The third-order valence-electron chi connectivity index (χ3n) is 3.93. The molecule has 0 amide bonds. The van der Waals surface area contributed by atoms with Gasteiger partial charge in [0.15, 0.2) is 0 Å². The molecule has 21 heavy (non-hydrogen) atoms. The van der Waals surface area contributed by atoms with Gasteiger partial charge < -0.3 is 5.32 Å². The third kappa shape index (κ3) is 2.98. The van der Waals surface area contributed by atoms with Crippen molar-refractivity contribution in [3.63, 3.8) is 0 Å². The van der Waals surface area contributed by atoms with Crippen LogP contribution in [-0.4, -0.2) is 16.0 Å². The van der Waals surface area contributed by atoms with E-state index in [1.165, 1.54) is 11.1 Å². The standard InChI is InChI=1S/C17H18BrNOS/c1-2-19-17-15-6-4-3-5-12(15)11-16(17)21(20)14-9-7-13(18)8-10-14/h3-10,16-17,19H,2,11H2,1H3. The van der Waals surface area contributed by atoms with Gasteiger partial charge in [-0.2, -0.15) is 0 Å². The molecule has 1 aliphatic rings. The van der Waals surface area contributed by atoms with Crippen LogP contribution in [0.5, 0.6) is 0 Å². The predicted octanol–water partition coefficient (Wildman–Crippen LogP) is 3.83. The van der Waals surface area contributed by atoms with E-state index in [1.807, 2.05) is 24.3 Å². The molecule has 110 valence electrons. The molecule has 4 heteroatoms. The highest BCUT2D eigenvalue weighted by molar-refractivity contribution is 9.10. The highest BCUT2D eigenvalue weighted by Crippen LogP contribution is 2.36. The van der Waals surface area contributed by atoms with Crippen molar-refractivity contribution in [2.24, 2.45) is 0 Å². The molecule has 0 bridgehead atoms. The van der Waals surface area contributed by atoms with E-state index in [-0.39, 0.29) is 11.3 Å². The summed E-state index contributed by atoms with van der Waals surface area (Å²) in [5, 5.41) is 3.61. The maximum atomic E-state index is 13.0. The summed E-state index contributed by atoms with van der Waals surface area (Å²) in [4.78, 5) is 0.902. The highest BCUT2D eigenvalue weighted by atomic mass is 79.9. The highest BCUT2D eigenvalue weighted by Gasteiger charge is 2.36. The van der Waals surface area contributed by atoms with E-state index in [0.29, 0.717) is 0 Å². The number of rotatable bonds is 4. The second kappa shape index (κ2) is 6.42. The van der Waals surface area contributed by atoms with Gasteiger partial charge in [0.1, 0.15) is 0 Å². The lowest BCUT2D eigenvalue weighted by atomic mass is 10.1. The van der Waals surface area contributed by atoms with Gasteiger partial charge in [0.25, 0.3) is 0 Å². The van der Waals surface area contributed by atoms with Gasteiger partial charge in [0.2, 0.25) is 0 Å². The molecule has 2 aromatic carbocycles. The smallest absolute Gasteiger partial charge is 0.0630 e. The van der Waals surface area contributed by atoms with E-state index in [1.54, 1.807) is 0 Å². The number of hydrogen-bond donors (Lipinski definition) is 1. The van der Waals surface area contributed by atoms with Crippen molar-refractivity contribution >= 4 is 26.7 Å². The molecule has 2 nitrogen and oxygen atoms in total. The lowest BCUT2D eigenvalue weighted by Crippen LogP contribution is -2.31. The minimum atomic E-state index is -1.01. The van der Waals surface area contributed by atoms with Gasteiger partial charge in [-0.1, -0.05) is 47.1 Å². The van der Waals surface area contributed by atoms with E-state index in [4.69, 9.17) is 0 Å². The van der Waals surface area contributed by atoms with Crippen LogP contribution in [0.15, 0.2) is 57.9 Å². The monoisotopic (exact) mass is 363 g/mol. The number of fused-ring (bicyclic) bond motifs is 1. The van der Waals surface area contributed by atoms with Crippen molar-refractivity contribution in [2.75, 3.05) is 6.54 Å². The van der Waals surface area contributed by atoms with Crippen LogP contribution >= 0.6 is 15.9 Å². The first-order chi connectivity index (χ1) is 10.2. The van der Waals surface area contributed by atoms with Crippen molar-refractivity contribution in [2.45, 2.75) is 29.5 Å². The number of hydrogen-bond acceptors (Lipinski definition) is 2. The molecule has 3 atom stereocenters. The van der Waals surface area contributed by atoms with Crippen molar-refractivity contribution in [3.05, 3.63) is 64.1 Å². The Morgan fingerprint density at radius 2 is 1.90 bits per heavy atom. The number of nitrogens with one attached hydrogen (secondary N) is 1. The first-order valence-electron chi connectivity index (χ1n) is 7.18. The van der Waals surface area contributed by atoms with Gasteiger partial charge in [0.05, 0.1) is 16.0 Å². The summed E-state index contributed by atoms with van der Waals surface area (Å²) < 4.78 is 14.0. The normalized spacial score (nSPS) is 22.0. The third-order valence-corrected chi connectivity index (χ3v) is 6.18. The van der Waals surface area contributed by atoms with E-state index in [0.717, 1.165) is 22.3 Å². The van der Waals surface area contributed by atoms with Crippen LogP contribution in [0.3, 0.4) is 0 Å². The Morgan fingerprint density at radius 1 is 1.19 bits per heavy atom. The zero-order valence-electron chi connectivity index (χ0n) is 11.9. The van der Waals surface area contributed by atoms with Crippen LogP contribution in [0.1, 0.15) is 24.1 Å². The summed E-state index contributed by atoms with van der Waals surface area (Å²) >= 11 is 3.43. The summed E-state index contributed by atoms with van der Waals surface area (Å²) in [6.45, 7) is 2.98. The van der Waals surface area contributed by atoms with Crippen molar-refractivity contribution in [3.8, 4) is 0 Å². The van der Waals surface area contributed by atoms with E-state index in [9.17, 15) is 4.21 Å². The predicted molar refractivity (Wildman–Crippen MR) is 90.9 cm³/mol. The van der Waals surface area contributed by atoms with Crippen molar-refractivity contribution < 1.29 is 4.21 Å². The molecular formula is C17H18BrNOS. The van der Waals surface area contributed by atoms with Gasteiger partial charge in [0, 0.05) is 15.4 Å². The topological polar surface area (TPSA) is 29.1 Å². The summed E-state index contributed by atoms with van der Waals surface area (Å²) in [6, 6.07) is 16.4. The molecule has 0 spiro atoms. The fourth-order valence-electron chi connectivity index (χ4n) is 2.96. The van der Waals surface area contributed by atoms with E-state index >= 15 is 0 Å². The Bertz CT molecular complexity index is 656. The van der Waals surface area contributed by atoms with Crippen LogP contribution in [0.2, 0.25) is 0 Å². The Hall–Kier alpha value is -0.970. The largest absolute Gasteiger partial charge is 0.309 e. The van der Waals surface area contributed by atoms with E-state index < -0.39 is 10.8 Å². The van der Waals surface area contributed by atoms with E-state index in [2.05, 4.69) is 52.4 Å². The molecule has 0 aromatic heterocycles. The number of halogens is 1. The Balaban J connectivity index is 1.91. The Kier molecular flexibility index (Phi) is 4.57. The summed E-state index contributed by atoms with van der Waals surface area (Å²) in [7, 11) is -1.01. The molecule has 1 aliphatic carbocycles. The average molecular weight is 364 g/mol. The second-order valence-electron chi connectivity index (χ2n) is 5.23. The van der Waals surface area contributed by atoms with Crippen LogP contribution in [0.25, 0.3) is 0 Å². The molecule has 0 aliphatic heterocycles. The van der Waals surface area contributed by atoms with Crippen LogP contribution in [-0.2, 0) is 17.2 Å². The lowest BCUT2D eigenvalue weighted by molar-refractivity contribution is 0.546. The Labute approximate surface area is 136 Å². The minimum Gasteiger partial charge on any atom is -0.309 e. The SMILES string of the molecule is CCNC1c2ccccc2CC1S(=O)c1ccc(Br)cc1. The molecule has 0 saturated carbocycles. The van der Waals surface area contributed by atoms with Gasteiger partial charge in [-0.15, -0.1) is 0 Å². The van der Waals surface area contributed by atoms with Crippen LogP contribution in [0, 0.1) is 0 Å². The maximum absolute atomic E-state index is 13.0. The first-order valence-corrected chi connectivity index (χ1v) is 9.18. The summed E-state index contributed by atoms with van der Waals surface area (Å²) in [5.74, 6) is 0. The molecule has 0 fully saturated rings.